The molecule has 0 aliphatic rings. The topological polar surface area (TPSA) is 84.0 Å². The Balaban J connectivity index is 2.18. The van der Waals surface area contributed by atoms with Gasteiger partial charge in [0.25, 0.3) is 11.8 Å². The predicted molar refractivity (Wildman–Crippen MR) is 67.7 cm³/mol. The third-order valence-corrected chi connectivity index (χ3v) is 2.99. The van der Waals surface area contributed by atoms with Gasteiger partial charge < -0.3 is 10.6 Å². The second kappa shape index (κ2) is 5.37. The van der Waals surface area contributed by atoms with Crippen molar-refractivity contribution in [2.45, 2.75) is 0 Å². The van der Waals surface area contributed by atoms with E-state index in [0.29, 0.717) is 10.6 Å². The zero-order chi connectivity index (χ0) is 13.0. The van der Waals surface area contributed by atoms with Crippen molar-refractivity contribution in [2.24, 2.45) is 0 Å². The Morgan fingerprint density at radius 3 is 2.78 bits per heavy atom. The van der Waals surface area contributed by atoms with Gasteiger partial charge in [-0.2, -0.15) is 0 Å². The van der Waals surface area contributed by atoms with Crippen molar-refractivity contribution in [3.63, 3.8) is 0 Å². The lowest BCUT2D eigenvalue weighted by Crippen LogP contribution is -2.20. The van der Waals surface area contributed by atoms with E-state index < -0.39 is 5.91 Å². The van der Waals surface area contributed by atoms with Gasteiger partial charge in [-0.1, -0.05) is 0 Å². The van der Waals surface area contributed by atoms with Gasteiger partial charge in [-0.15, -0.1) is 11.3 Å². The van der Waals surface area contributed by atoms with Crippen LogP contribution in [0.15, 0.2) is 30.0 Å². The Morgan fingerprint density at radius 1 is 1.28 bits per heavy atom. The maximum absolute atomic E-state index is 11.8. The molecule has 0 saturated carbocycles. The fraction of sp³-hybridized carbons (Fsp3) is 0.0909. The first-order chi connectivity index (χ1) is 8.72. The van der Waals surface area contributed by atoms with Crippen LogP contribution in [0.1, 0.15) is 20.8 Å². The Kier molecular flexibility index (Phi) is 3.63. The van der Waals surface area contributed by atoms with Crippen LogP contribution in [0.3, 0.4) is 0 Å². The number of carbonyl (C=O) groups is 2. The van der Waals surface area contributed by atoms with Crippen molar-refractivity contribution in [3.05, 3.63) is 41.3 Å². The number of nitrogens with zero attached hydrogens (tertiary/aromatic N) is 2. The van der Waals surface area contributed by atoms with E-state index in [9.17, 15) is 9.59 Å². The molecule has 2 amide bonds. The van der Waals surface area contributed by atoms with Gasteiger partial charge in [0.05, 0.1) is 11.8 Å². The van der Waals surface area contributed by atoms with Gasteiger partial charge in [0.1, 0.15) is 10.7 Å². The molecule has 0 saturated heterocycles. The third kappa shape index (κ3) is 2.51. The summed E-state index contributed by atoms with van der Waals surface area (Å²) < 4.78 is 0. The molecule has 0 aromatic carbocycles. The standard InChI is InChI=1S/C11H10N4O2S/c1-12-9(16)7-2-5-18-11(7)15-10(17)8-6-13-3-4-14-8/h2-6H,1H3,(H,12,16)(H,15,17). The summed E-state index contributed by atoms with van der Waals surface area (Å²) in [5.41, 5.74) is 0.633. The predicted octanol–water partition coefficient (Wildman–Crippen LogP) is 1.15. The molecule has 0 spiro atoms. The lowest BCUT2D eigenvalue weighted by molar-refractivity contribution is 0.0964. The third-order valence-electron chi connectivity index (χ3n) is 2.16. The molecule has 0 aliphatic heterocycles. The maximum atomic E-state index is 11.8. The first kappa shape index (κ1) is 12.2. The Hall–Kier alpha value is -2.28. The van der Waals surface area contributed by atoms with E-state index in [2.05, 4.69) is 20.6 Å². The molecular weight excluding hydrogens is 252 g/mol. The molecule has 2 rings (SSSR count). The smallest absolute Gasteiger partial charge is 0.276 e. The molecule has 0 radical (unpaired) electrons. The van der Waals surface area contributed by atoms with Gasteiger partial charge in [0.15, 0.2) is 0 Å². The fourth-order valence-electron chi connectivity index (χ4n) is 1.30. The number of carbonyl (C=O) groups excluding carboxylic acids is 2. The van der Waals surface area contributed by atoms with Crippen LogP contribution in [-0.4, -0.2) is 28.8 Å². The highest BCUT2D eigenvalue weighted by Gasteiger charge is 2.15. The molecule has 6 nitrogen and oxygen atoms in total. The van der Waals surface area contributed by atoms with Crippen molar-refractivity contribution < 1.29 is 9.59 Å². The van der Waals surface area contributed by atoms with Crippen LogP contribution >= 0.6 is 11.3 Å². The zero-order valence-corrected chi connectivity index (χ0v) is 10.3. The second-order valence-electron chi connectivity index (χ2n) is 3.29. The lowest BCUT2D eigenvalue weighted by Gasteiger charge is -2.04. The SMILES string of the molecule is CNC(=O)c1ccsc1NC(=O)c1cnccn1. The molecular formula is C11H10N4O2S. The van der Waals surface area contributed by atoms with E-state index in [-0.39, 0.29) is 11.6 Å². The highest BCUT2D eigenvalue weighted by atomic mass is 32.1. The number of hydrogen-bond acceptors (Lipinski definition) is 5. The maximum Gasteiger partial charge on any atom is 0.276 e. The van der Waals surface area contributed by atoms with E-state index in [1.807, 2.05) is 0 Å². The monoisotopic (exact) mass is 262 g/mol. The van der Waals surface area contributed by atoms with E-state index >= 15 is 0 Å². The molecule has 0 fully saturated rings. The van der Waals surface area contributed by atoms with Crippen LogP contribution in [-0.2, 0) is 0 Å². The Labute approximate surface area is 107 Å². The molecule has 92 valence electrons. The number of hydrogen-bond donors (Lipinski definition) is 2. The molecule has 0 unspecified atom stereocenters. The Morgan fingerprint density at radius 2 is 2.11 bits per heavy atom. The van der Waals surface area contributed by atoms with Crippen molar-refractivity contribution in [1.29, 1.82) is 0 Å². The van der Waals surface area contributed by atoms with Crippen LogP contribution in [0.4, 0.5) is 5.00 Å². The molecule has 2 heterocycles. The van der Waals surface area contributed by atoms with Crippen molar-refractivity contribution in [2.75, 3.05) is 12.4 Å². The number of aromatic nitrogens is 2. The number of thiophene rings is 1. The lowest BCUT2D eigenvalue weighted by atomic mass is 10.3. The molecule has 7 heteroatoms. The minimum atomic E-state index is -0.393. The average molecular weight is 262 g/mol. The summed E-state index contributed by atoms with van der Waals surface area (Å²) in [4.78, 5) is 31.1. The number of nitrogens with one attached hydrogen (secondary N) is 2. The Bertz CT molecular complexity index is 567. The van der Waals surface area contributed by atoms with E-state index in [0.717, 1.165) is 0 Å². The van der Waals surface area contributed by atoms with Crippen LogP contribution in [0, 0.1) is 0 Å². The number of anilines is 1. The largest absolute Gasteiger partial charge is 0.355 e. The normalized spacial score (nSPS) is 9.83. The molecule has 18 heavy (non-hydrogen) atoms. The van der Waals surface area contributed by atoms with Gasteiger partial charge in [-0.05, 0) is 11.4 Å². The van der Waals surface area contributed by atoms with Crippen LogP contribution in [0.2, 0.25) is 0 Å². The van der Waals surface area contributed by atoms with Gasteiger partial charge in [0, 0.05) is 19.4 Å². The van der Waals surface area contributed by atoms with Crippen molar-refractivity contribution in [1.82, 2.24) is 15.3 Å². The zero-order valence-electron chi connectivity index (χ0n) is 9.51. The average Bonchev–Trinajstić information content (AvgIpc) is 2.87. The van der Waals surface area contributed by atoms with Crippen LogP contribution in [0.25, 0.3) is 0 Å². The molecule has 0 bridgehead atoms. The van der Waals surface area contributed by atoms with Gasteiger partial charge >= 0.3 is 0 Å². The van der Waals surface area contributed by atoms with Crippen molar-refractivity contribution >= 4 is 28.2 Å². The quantitative estimate of drug-likeness (QED) is 0.869. The molecule has 0 aliphatic carbocycles. The summed E-state index contributed by atoms with van der Waals surface area (Å²) >= 11 is 1.28. The number of amides is 2. The minimum Gasteiger partial charge on any atom is -0.355 e. The number of rotatable bonds is 3. The summed E-state index contributed by atoms with van der Waals surface area (Å²) in [6.45, 7) is 0. The summed E-state index contributed by atoms with van der Waals surface area (Å²) in [7, 11) is 1.54. The van der Waals surface area contributed by atoms with Crippen molar-refractivity contribution in [3.8, 4) is 0 Å². The first-order valence-corrected chi connectivity index (χ1v) is 5.97. The summed E-state index contributed by atoms with van der Waals surface area (Å²) in [6, 6.07) is 1.65. The molecule has 0 atom stereocenters. The highest BCUT2D eigenvalue weighted by Crippen LogP contribution is 2.23. The second-order valence-corrected chi connectivity index (χ2v) is 4.20. The summed E-state index contributed by atoms with van der Waals surface area (Å²) in [5, 5.41) is 7.37. The van der Waals surface area contributed by atoms with Crippen LogP contribution < -0.4 is 10.6 Å². The van der Waals surface area contributed by atoms with Gasteiger partial charge in [0.2, 0.25) is 0 Å². The molecule has 2 N–H and O–H groups in total. The van der Waals surface area contributed by atoms with Crippen LogP contribution in [0.5, 0.6) is 0 Å². The molecule has 2 aromatic rings. The highest BCUT2D eigenvalue weighted by molar-refractivity contribution is 7.14. The summed E-state index contributed by atoms with van der Waals surface area (Å²) in [5.74, 6) is -0.638. The van der Waals surface area contributed by atoms with Gasteiger partial charge in [-0.25, -0.2) is 4.98 Å². The first-order valence-electron chi connectivity index (χ1n) is 5.09. The minimum absolute atomic E-state index is 0.203. The van der Waals surface area contributed by atoms with Gasteiger partial charge in [-0.3, -0.25) is 14.6 Å². The fourth-order valence-corrected chi connectivity index (χ4v) is 2.08. The summed E-state index contributed by atoms with van der Waals surface area (Å²) in [6.07, 6.45) is 4.28. The van der Waals surface area contributed by atoms with E-state index in [1.54, 1.807) is 11.4 Å². The van der Waals surface area contributed by atoms with E-state index in [4.69, 9.17) is 0 Å². The molecule has 2 aromatic heterocycles. The van der Waals surface area contributed by atoms with E-state index in [1.165, 1.54) is 37.0 Å².